The first kappa shape index (κ1) is 21.4. The van der Waals surface area contributed by atoms with E-state index in [-0.39, 0.29) is 16.3 Å². The van der Waals surface area contributed by atoms with Crippen molar-refractivity contribution in [3.63, 3.8) is 0 Å². The first-order valence-electron chi connectivity index (χ1n) is 8.85. The normalized spacial score (nSPS) is 11.6. The lowest BCUT2D eigenvalue weighted by atomic mass is 10.0. The second kappa shape index (κ2) is 9.32. The van der Waals surface area contributed by atoms with E-state index in [0.717, 1.165) is 41.8 Å². The van der Waals surface area contributed by atoms with E-state index in [1.165, 1.54) is 13.0 Å². The first-order chi connectivity index (χ1) is 13.3. The Morgan fingerprint density at radius 2 is 1.79 bits per heavy atom. The molecule has 2 aromatic carbocycles. The van der Waals surface area contributed by atoms with Crippen molar-refractivity contribution in [1.29, 1.82) is 0 Å². The number of ether oxygens (including phenoxy) is 1. The SMILES string of the molecule is CCc1cccc(CC)c1NC(=O)[C@H](C)OC(=O)c1ccc([N+](=O)[O-])cc1Cl. The number of anilines is 1. The van der Waals surface area contributed by atoms with Crippen LogP contribution in [0.3, 0.4) is 0 Å². The van der Waals surface area contributed by atoms with E-state index in [2.05, 4.69) is 5.32 Å². The van der Waals surface area contributed by atoms with Crippen molar-refractivity contribution in [2.24, 2.45) is 0 Å². The Morgan fingerprint density at radius 1 is 1.18 bits per heavy atom. The number of carbonyl (C=O) groups is 2. The largest absolute Gasteiger partial charge is 0.449 e. The molecule has 28 heavy (non-hydrogen) atoms. The zero-order valence-corrected chi connectivity index (χ0v) is 16.6. The molecule has 0 spiro atoms. The molecule has 0 fully saturated rings. The number of esters is 1. The molecule has 1 amide bonds. The van der Waals surface area contributed by atoms with Crippen LogP contribution < -0.4 is 5.32 Å². The molecule has 0 bridgehead atoms. The zero-order chi connectivity index (χ0) is 20.8. The third-order valence-electron chi connectivity index (χ3n) is 4.28. The number of hydrogen-bond acceptors (Lipinski definition) is 5. The van der Waals surface area contributed by atoms with Crippen LogP contribution in [-0.4, -0.2) is 22.9 Å². The molecule has 0 saturated heterocycles. The highest BCUT2D eigenvalue weighted by molar-refractivity contribution is 6.33. The molecule has 0 aliphatic carbocycles. The summed E-state index contributed by atoms with van der Waals surface area (Å²) < 4.78 is 5.19. The number of non-ortho nitro benzene ring substituents is 1. The number of benzene rings is 2. The molecule has 0 radical (unpaired) electrons. The van der Waals surface area contributed by atoms with Gasteiger partial charge in [0.2, 0.25) is 0 Å². The molecule has 0 saturated carbocycles. The molecule has 2 aromatic rings. The molecule has 0 aliphatic rings. The van der Waals surface area contributed by atoms with Gasteiger partial charge in [-0.25, -0.2) is 4.79 Å². The van der Waals surface area contributed by atoms with Crippen molar-refractivity contribution in [2.45, 2.75) is 39.7 Å². The summed E-state index contributed by atoms with van der Waals surface area (Å²) >= 11 is 5.93. The summed E-state index contributed by atoms with van der Waals surface area (Å²) in [5, 5.41) is 13.5. The van der Waals surface area contributed by atoms with E-state index in [0.29, 0.717) is 0 Å². The number of nitrogens with zero attached hydrogens (tertiary/aromatic N) is 1. The fraction of sp³-hybridized carbons (Fsp3) is 0.300. The van der Waals surface area contributed by atoms with Crippen LogP contribution in [0.5, 0.6) is 0 Å². The quantitative estimate of drug-likeness (QED) is 0.414. The van der Waals surface area contributed by atoms with Gasteiger partial charge in [-0.05, 0) is 37.0 Å². The number of halogens is 1. The number of hydrogen-bond donors (Lipinski definition) is 1. The van der Waals surface area contributed by atoms with Gasteiger partial charge in [0.25, 0.3) is 11.6 Å². The van der Waals surface area contributed by atoms with Gasteiger partial charge in [-0.3, -0.25) is 14.9 Å². The van der Waals surface area contributed by atoms with Crippen molar-refractivity contribution in [2.75, 3.05) is 5.32 Å². The fourth-order valence-corrected chi connectivity index (χ4v) is 2.94. The number of nitrogens with one attached hydrogen (secondary N) is 1. The van der Waals surface area contributed by atoms with Crippen LogP contribution in [-0.2, 0) is 22.4 Å². The Bertz CT molecular complexity index is 891. The van der Waals surface area contributed by atoms with Gasteiger partial charge in [-0.2, -0.15) is 0 Å². The topological polar surface area (TPSA) is 98.5 Å². The average molecular weight is 405 g/mol. The van der Waals surface area contributed by atoms with Crippen LogP contribution >= 0.6 is 11.6 Å². The standard InChI is InChI=1S/C20H21ClN2O5/c1-4-13-7-6-8-14(5-2)18(13)22-19(24)12(3)28-20(25)16-10-9-15(23(26)27)11-17(16)21/h6-12H,4-5H2,1-3H3,(H,22,24)/t12-/m0/s1. The number of nitro benzene ring substituents is 1. The molecular weight excluding hydrogens is 384 g/mol. The van der Waals surface area contributed by atoms with E-state index in [1.54, 1.807) is 0 Å². The van der Waals surface area contributed by atoms with Crippen LogP contribution in [0.4, 0.5) is 11.4 Å². The minimum absolute atomic E-state index is 0.0462. The molecule has 7 nitrogen and oxygen atoms in total. The summed E-state index contributed by atoms with van der Waals surface area (Å²) in [4.78, 5) is 35.0. The molecule has 0 unspecified atom stereocenters. The number of carbonyl (C=O) groups excluding carboxylic acids is 2. The van der Waals surface area contributed by atoms with E-state index in [4.69, 9.17) is 16.3 Å². The molecule has 8 heteroatoms. The number of para-hydroxylation sites is 1. The predicted molar refractivity (Wildman–Crippen MR) is 107 cm³/mol. The Labute approximate surface area is 167 Å². The third kappa shape index (κ3) is 4.86. The maximum absolute atomic E-state index is 12.5. The minimum Gasteiger partial charge on any atom is -0.449 e. The average Bonchev–Trinajstić information content (AvgIpc) is 2.67. The molecule has 0 heterocycles. The highest BCUT2D eigenvalue weighted by Crippen LogP contribution is 2.25. The van der Waals surface area contributed by atoms with Gasteiger partial charge < -0.3 is 10.1 Å². The molecule has 2 rings (SSSR count). The maximum Gasteiger partial charge on any atom is 0.340 e. The fourth-order valence-electron chi connectivity index (χ4n) is 2.69. The van der Waals surface area contributed by atoms with Gasteiger partial charge >= 0.3 is 5.97 Å². The maximum atomic E-state index is 12.5. The molecule has 1 atom stereocenters. The van der Waals surface area contributed by atoms with E-state index in [9.17, 15) is 19.7 Å². The van der Waals surface area contributed by atoms with Gasteiger partial charge in [0, 0.05) is 17.8 Å². The van der Waals surface area contributed by atoms with Crippen molar-refractivity contribution < 1.29 is 19.2 Å². The Kier molecular flexibility index (Phi) is 7.12. The first-order valence-corrected chi connectivity index (χ1v) is 9.22. The van der Waals surface area contributed by atoms with Gasteiger partial charge in [-0.15, -0.1) is 0 Å². The van der Waals surface area contributed by atoms with Gasteiger partial charge in [0.1, 0.15) is 0 Å². The minimum atomic E-state index is -1.08. The van der Waals surface area contributed by atoms with Crippen LogP contribution in [0.1, 0.15) is 42.3 Å². The summed E-state index contributed by atoms with van der Waals surface area (Å²) in [6, 6.07) is 9.22. The van der Waals surface area contributed by atoms with Gasteiger partial charge in [0.05, 0.1) is 15.5 Å². The molecule has 0 aliphatic heterocycles. The van der Waals surface area contributed by atoms with Crippen LogP contribution in [0.15, 0.2) is 36.4 Å². The molecule has 1 N–H and O–H groups in total. The number of nitro groups is 1. The smallest absolute Gasteiger partial charge is 0.340 e. The second-order valence-corrected chi connectivity index (χ2v) is 6.52. The lowest BCUT2D eigenvalue weighted by Gasteiger charge is -2.18. The summed E-state index contributed by atoms with van der Waals surface area (Å²) in [6.45, 7) is 5.43. The molecular formula is C20H21ClN2O5. The van der Waals surface area contributed by atoms with Crippen molar-refractivity contribution in [3.05, 3.63) is 68.2 Å². The van der Waals surface area contributed by atoms with E-state index in [1.807, 2.05) is 32.0 Å². The lowest BCUT2D eigenvalue weighted by Crippen LogP contribution is -2.30. The summed E-state index contributed by atoms with van der Waals surface area (Å²) in [5.74, 6) is -1.30. The predicted octanol–water partition coefficient (Wildman–Crippen LogP) is 4.56. The zero-order valence-electron chi connectivity index (χ0n) is 15.8. The van der Waals surface area contributed by atoms with Crippen molar-refractivity contribution >= 4 is 34.9 Å². The third-order valence-corrected chi connectivity index (χ3v) is 4.60. The van der Waals surface area contributed by atoms with Crippen LogP contribution in [0.25, 0.3) is 0 Å². The Morgan fingerprint density at radius 3 is 2.29 bits per heavy atom. The monoisotopic (exact) mass is 404 g/mol. The van der Waals surface area contributed by atoms with Crippen molar-refractivity contribution in [3.8, 4) is 0 Å². The summed E-state index contributed by atoms with van der Waals surface area (Å²) in [7, 11) is 0. The highest BCUT2D eigenvalue weighted by Gasteiger charge is 2.23. The lowest BCUT2D eigenvalue weighted by molar-refractivity contribution is -0.384. The summed E-state index contributed by atoms with van der Waals surface area (Å²) in [5.41, 5.74) is 2.42. The summed E-state index contributed by atoms with van der Waals surface area (Å²) in [6.07, 6.45) is 0.417. The van der Waals surface area contributed by atoms with E-state index < -0.39 is 22.9 Å². The van der Waals surface area contributed by atoms with Crippen LogP contribution in [0, 0.1) is 10.1 Å². The molecule has 0 aromatic heterocycles. The number of aryl methyl sites for hydroxylation is 2. The van der Waals surface area contributed by atoms with Gasteiger partial charge in [0.15, 0.2) is 6.10 Å². The number of rotatable bonds is 7. The molecule has 148 valence electrons. The number of amides is 1. The second-order valence-electron chi connectivity index (χ2n) is 6.12. The van der Waals surface area contributed by atoms with Gasteiger partial charge in [-0.1, -0.05) is 43.6 Å². The van der Waals surface area contributed by atoms with E-state index >= 15 is 0 Å². The Balaban J connectivity index is 2.13. The van der Waals surface area contributed by atoms with Crippen molar-refractivity contribution in [1.82, 2.24) is 0 Å². The Hall–Kier alpha value is -2.93. The highest BCUT2D eigenvalue weighted by atomic mass is 35.5. The van der Waals surface area contributed by atoms with Crippen LogP contribution in [0.2, 0.25) is 5.02 Å².